The van der Waals surface area contributed by atoms with E-state index in [1.54, 1.807) is 66.4 Å². The van der Waals surface area contributed by atoms with E-state index in [2.05, 4.69) is 10.6 Å². The Morgan fingerprint density at radius 2 is 1.81 bits per heavy atom. The summed E-state index contributed by atoms with van der Waals surface area (Å²) in [6.45, 7) is -0.111. The molecule has 1 aromatic heterocycles. The second-order valence-electron chi connectivity index (χ2n) is 6.79. The molecule has 0 atom stereocenters. The molecule has 0 fully saturated rings. The van der Waals surface area contributed by atoms with Crippen LogP contribution in [0, 0.1) is 0 Å². The van der Waals surface area contributed by atoms with E-state index in [0.29, 0.717) is 37.6 Å². The topological polar surface area (TPSA) is 83.4 Å². The summed E-state index contributed by atoms with van der Waals surface area (Å²) in [6, 6.07) is 11.9. The summed E-state index contributed by atoms with van der Waals surface area (Å²) in [6.07, 6.45) is 4.73. The molecule has 0 aliphatic carbocycles. The van der Waals surface area contributed by atoms with Gasteiger partial charge in [-0.05, 0) is 42.0 Å². The Hall–Kier alpha value is -2.77. The molecule has 0 radical (unpaired) electrons. The predicted molar refractivity (Wildman–Crippen MR) is 127 cm³/mol. The van der Waals surface area contributed by atoms with Crippen molar-refractivity contribution in [3.05, 3.63) is 92.2 Å². The molecule has 0 spiro atoms. The van der Waals surface area contributed by atoms with Crippen LogP contribution in [0.1, 0.15) is 27.2 Å². The highest BCUT2D eigenvalue weighted by Crippen LogP contribution is 2.32. The highest BCUT2D eigenvalue weighted by molar-refractivity contribution is 6.37. The Morgan fingerprint density at radius 3 is 2.47 bits per heavy atom. The van der Waals surface area contributed by atoms with E-state index in [1.165, 1.54) is 6.08 Å². The third-order valence-corrected chi connectivity index (χ3v) is 5.70. The number of hydrogen-bond acceptors (Lipinski definition) is 3. The maximum absolute atomic E-state index is 12.3. The highest BCUT2D eigenvalue weighted by Gasteiger charge is 2.15. The Labute approximate surface area is 200 Å². The molecule has 166 valence electrons. The fourth-order valence-electron chi connectivity index (χ4n) is 3.05. The van der Waals surface area contributed by atoms with Crippen molar-refractivity contribution in [1.82, 2.24) is 15.2 Å². The van der Waals surface area contributed by atoms with Crippen LogP contribution in [0.2, 0.25) is 15.1 Å². The van der Waals surface area contributed by atoms with Crippen molar-refractivity contribution in [2.75, 3.05) is 7.05 Å². The summed E-state index contributed by atoms with van der Waals surface area (Å²) in [5, 5.41) is 16.0. The molecule has 2 amide bonds. The van der Waals surface area contributed by atoms with Crippen LogP contribution < -0.4 is 10.6 Å². The molecular formula is C23H20Cl3N3O3. The van der Waals surface area contributed by atoms with Crippen LogP contribution in [0.4, 0.5) is 0 Å². The largest absolute Gasteiger partial charge is 0.392 e. The number of rotatable bonds is 7. The first kappa shape index (κ1) is 23.9. The van der Waals surface area contributed by atoms with Crippen molar-refractivity contribution in [2.45, 2.75) is 13.2 Å². The summed E-state index contributed by atoms with van der Waals surface area (Å²) in [7, 11) is 1.57. The van der Waals surface area contributed by atoms with Gasteiger partial charge in [0.25, 0.3) is 5.91 Å². The van der Waals surface area contributed by atoms with Gasteiger partial charge < -0.3 is 20.3 Å². The summed E-state index contributed by atoms with van der Waals surface area (Å²) >= 11 is 18.7. The van der Waals surface area contributed by atoms with Crippen molar-refractivity contribution in [2.24, 2.45) is 0 Å². The molecule has 0 bridgehead atoms. The number of aromatic nitrogens is 1. The molecule has 32 heavy (non-hydrogen) atoms. The predicted octanol–water partition coefficient (Wildman–Crippen LogP) is 4.62. The fourth-order valence-corrected chi connectivity index (χ4v) is 3.85. The summed E-state index contributed by atoms with van der Waals surface area (Å²) in [4.78, 5) is 23.9. The molecule has 0 aliphatic rings. The average Bonchev–Trinajstić information content (AvgIpc) is 3.16. The van der Waals surface area contributed by atoms with Gasteiger partial charge in [0.15, 0.2) is 0 Å². The van der Waals surface area contributed by atoms with E-state index in [4.69, 9.17) is 34.8 Å². The second-order valence-corrected chi connectivity index (χ2v) is 8.01. The first-order valence-electron chi connectivity index (χ1n) is 9.57. The molecule has 9 heteroatoms. The summed E-state index contributed by atoms with van der Waals surface area (Å²) < 4.78 is 1.74. The van der Waals surface area contributed by atoms with E-state index >= 15 is 0 Å². The number of aliphatic hydroxyl groups is 1. The smallest absolute Gasteiger partial charge is 0.251 e. The van der Waals surface area contributed by atoms with Gasteiger partial charge in [-0.25, -0.2) is 0 Å². The fraction of sp³-hybridized carbons (Fsp3) is 0.130. The van der Waals surface area contributed by atoms with E-state index in [0.717, 1.165) is 5.56 Å². The lowest BCUT2D eigenvalue weighted by Gasteiger charge is -2.14. The first-order chi connectivity index (χ1) is 15.3. The first-order valence-corrected chi connectivity index (χ1v) is 10.7. The van der Waals surface area contributed by atoms with Gasteiger partial charge in [0.2, 0.25) is 5.91 Å². The monoisotopic (exact) mass is 491 g/mol. The van der Waals surface area contributed by atoms with Gasteiger partial charge in [-0.3, -0.25) is 9.59 Å². The van der Waals surface area contributed by atoms with Crippen LogP contribution in [-0.4, -0.2) is 28.5 Å². The van der Waals surface area contributed by atoms with E-state index in [-0.39, 0.29) is 25.0 Å². The Bertz CT molecular complexity index is 1170. The van der Waals surface area contributed by atoms with Gasteiger partial charge in [-0.15, -0.1) is 0 Å². The zero-order valence-corrected chi connectivity index (χ0v) is 19.3. The van der Waals surface area contributed by atoms with E-state index in [1.807, 2.05) is 0 Å². The van der Waals surface area contributed by atoms with Gasteiger partial charge in [-0.1, -0.05) is 46.9 Å². The maximum atomic E-state index is 12.3. The molecular weight excluding hydrogens is 473 g/mol. The Kier molecular flexibility index (Phi) is 7.99. The van der Waals surface area contributed by atoms with Crippen molar-refractivity contribution in [3.63, 3.8) is 0 Å². The number of aliphatic hydroxyl groups excluding tert-OH is 1. The Balaban J connectivity index is 1.71. The van der Waals surface area contributed by atoms with Crippen LogP contribution in [-0.2, 0) is 17.9 Å². The number of carbonyl (C=O) groups excluding carboxylic acids is 2. The van der Waals surface area contributed by atoms with Crippen LogP contribution >= 0.6 is 34.8 Å². The lowest BCUT2D eigenvalue weighted by Crippen LogP contribution is -2.21. The standard InChI is InChI=1S/C23H20Cl3N3O3/c1-27-23(32)15-5-2-14(3-6-15)4-9-21(31)28-11-17-10-16(24)12-29(17)20-8-7-19(25)18(13-30)22(20)26/h2-10,12,30H,11,13H2,1H3,(H,27,32)(H,28,31)/b9-4+. The van der Waals surface area contributed by atoms with Crippen molar-refractivity contribution in [1.29, 1.82) is 0 Å². The van der Waals surface area contributed by atoms with Crippen LogP contribution in [0.3, 0.4) is 0 Å². The average molecular weight is 493 g/mol. The quantitative estimate of drug-likeness (QED) is 0.421. The van der Waals surface area contributed by atoms with Crippen molar-refractivity contribution < 1.29 is 14.7 Å². The molecule has 3 N–H and O–H groups in total. The third-order valence-electron chi connectivity index (χ3n) is 4.72. The van der Waals surface area contributed by atoms with Gasteiger partial charge in [0.05, 0.1) is 28.9 Å². The molecule has 1 heterocycles. The lowest BCUT2D eigenvalue weighted by atomic mass is 10.1. The minimum atomic E-state index is -0.304. The van der Waals surface area contributed by atoms with E-state index in [9.17, 15) is 14.7 Å². The molecule has 0 saturated carbocycles. The SMILES string of the molecule is CNC(=O)c1ccc(/C=C/C(=O)NCc2cc(Cl)cn2-c2ccc(Cl)c(CO)c2Cl)cc1. The number of benzene rings is 2. The lowest BCUT2D eigenvalue weighted by molar-refractivity contribution is -0.116. The maximum Gasteiger partial charge on any atom is 0.251 e. The van der Waals surface area contributed by atoms with Crippen LogP contribution in [0.5, 0.6) is 0 Å². The molecule has 0 unspecified atom stereocenters. The minimum absolute atomic E-state index is 0.174. The van der Waals surface area contributed by atoms with Gasteiger partial charge in [0.1, 0.15) is 0 Å². The van der Waals surface area contributed by atoms with Crippen molar-refractivity contribution in [3.8, 4) is 5.69 Å². The number of nitrogens with zero attached hydrogens (tertiary/aromatic N) is 1. The molecule has 6 nitrogen and oxygen atoms in total. The van der Waals surface area contributed by atoms with Crippen molar-refractivity contribution >= 4 is 52.7 Å². The van der Waals surface area contributed by atoms with Gasteiger partial charge >= 0.3 is 0 Å². The minimum Gasteiger partial charge on any atom is -0.392 e. The van der Waals surface area contributed by atoms with Gasteiger partial charge in [0, 0.05) is 41.2 Å². The zero-order chi connectivity index (χ0) is 23.3. The highest BCUT2D eigenvalue weighted by atomic mass is 35.5. The molecule has 0 saturated heterocycles. The number of halogens is 3. The summed E-state index contributed by atoms with van der Waals surface area (Å²) in [5.74, 6) is -0.477. The number of carbonyl (C=O) groups is 2. The molecule has 3 aromatic rings. The third kappa shape index (κ3) is 5.53. The zero-order valence-electron chi connectivity index (χ0n) is 17.0. The normalized spacial score (nSPS) is 11.0. The van der Waals surface area contributed by atoms with Gasteiger partial charge in [-0.2, -0.15) is 0 Å². The molecule has 3 rings (SSSR count). The number of hydrogen-bond donors (Lipinski definition) is 3. The second kappa shape index (κ2) is 10.7. The van der Waals surface area contributed by atoms with Crippen LogP contribution in [0.25, 0.3) is 11.8 Å². The van der Waals surface area contributed by atoms with E-state index < -0.39 is 0 Å². The Morgan fingerprint density at radius 1 is 1.09 bits per heavy atom. The number of nitrogens with one attached hydrogen (secondary N) is 2. The van der Waals surface area contributed by atoms with Crippen LogP contribution in [0.15, 0.2) is 54.7 Å². The number of amides is 2. The molecule has 2 aromatic carbocycles. The molecule has 0 aliphatic heterocycles. The summed E-state index contributed by atoms with van der Waals surface area (Å²) in [5.41, 5.74) is 3.01.